The van der Waals surface area contributed by atoms with E-state index in [1.54, 1.807) is 24.3 Å². The fraction of sp³-hybridized carbons (Fsp3) is 0.207. The predicted molar refractivity (Wildman–Crippen MR) is 153 cm³/mol. The molecule has 1 N–H and O–H groups in total. The smallest absolute Gasteiger partial charge is 0.293 e. The molecule has 3 aromatic carbocycles. The Bertz CT molecular complexity index is 1440. The van der Waals surface area contributed by atoms with Gasteiger partial charge in [-0.05, 0) is 84.8 Å². The number of methoxy groups -OCH3 is 1. The molecule has 1 saturated heterocycles. The molecule has 8 nitrogen and oxygen atoms in total. The van der Waals surface area contributed by atoms with E-state index in [0.717, 1.165) is 27.8 Å². The van der Waals surface area contributed by atoms with Crippen molar-refractivity contribution < 1.29 is 28.6 Å². The number of ether oxygens (including phenoxy) is 3. The van der Waals surface area contributed by atoms with E-state index in [1.165, 1.54) is 7.11 Å². The molecule has 4 rings (SSSR count). The molecule has 0 saturated carbocycles. The number of amides is 3. The summed E-state index contributed by atoms with van der Waals surface area (Å²) in [6.07, 6.45) is 1.56. The van der Waals surface area contributed by atoms with Gasteiger partial charge in [-0.2, -0.15) is 0 Å². The molecular formula is C29H27ClN2O6S. The highest BCUT2D eigenvalue weighted by molar-refractivity contribution is 8.18. The van der Waals surface area contributed by atoms with E-state index in [1.807, 2.05) is 56.3 Å². The molecule has 1 aliphatic heterocycles. The second-order valence-electron chi connectivity index (χ2n) is 8.74. The average Bonchev–Trinajstić information content (AvgIpc) is 3.15. The summed E-state index contributed by atoms with van der Waals surface area (Å²) in [7, 11) is 1.44. The zero-order chi connectivity index (χ0) is 27.9. The lowest BCUT2D eigenvalue weighted by atomic mass is 10.1. The van der Waals surface area contributed by atoms with Gasteiger partial charge in [-0.1, -0.05) is 35.9 Å². The van der Waals surface area contributed by atoms with Crippen LogP contribution in [0.25, 0.3) is 6.08 Å². The third-order valence-electron chi connectivity index (χ3n) is 5.65. The Morgan fingerprint density at radius 1 is 1.03 bits per heavy atom. The monoisotopic (exact) mass is 566 g/mol. The Hall–Kier alpha value is -3.95. The van der Waals surface area contributed by atoms with Gasteiger partial charge in [0.25, 0.3) is 17.1 Å². The first kappa shape index (κ1) is 28.1. The van der Waals surface area contributed by atoms with E-state index in [-0.39, 0.29) is 52.3 Å². The summed E-state index contributed by atoms with van der Waals surface area (Å²) in [5.41, 5.74) is 3.27. The SMILES string of the molecule is COc1cc(/C=C2\SC(=O)N(CCOc3cccc(C)c3)C2=O)cc(Cl)c1OCC(=O)Nc1cccc(C)c1. The first-order chi connectivity index (χ1) is 18.7. The van der Waals surface area contributed by atoms with Gasteiger partial charge in [-0.15, -0.1) is 0 Å². The number of aryl methyl sites for hydroxylation is 2. The number of benzene rings is 3. The first-order valence-corrected chi connectivity index (χ1v) is 13.2. The van der Waals surface area contributed by atoms with Crippen LogP contribution < -0.4 is 19.5 Å². The van der Waals surface area contributed by atoms with Crippen LogP contribution in [-0.2, 0) is 9.59 Å². The van der Waals surface area contributed by atoms with E-state index in [4.69, 9.17) is 25.8 Å². The molecule has 1 heterocycles. The van der Waals surface area contributed by atoms with E-state index in [0.29, 0.717) is 17.0 Å². The Labute approximate surface area is 235 Å². The highest BCUT2D eigenvalue weighted by Gasteiger charge is 2.35. The van der Waals surface area contributed by atoms with Gasteiger partial charge in [0.1, 0.15) is 12.4 Å². The largest absolute Gasteiger partial charge is 0.493 e. The van der Waals surface area contributed by atoms with Gasteiger partial charge >= 0.3 is 0 Å². The van der Waals surface area contributed by atoms with Crippen molar-refractivity contribution in [2.75, 3.05) is 32.2 Å². The van der Waals surface area contributed by atoms with Crippen molar-refractivity contribution in [3.8, 4) is 17.2 Å². The summed E-state index contributed by atoms with van der Waals surface area (Å²) in [4.78, 5) is 39.1. The molecular weight excluding hydrogens is 540 g/mol. The number of nitrogens with one attached hydrogen (secondary N) is 1. The summed E-state index contributed by atoms with van der Waals surface area (Å²) in [5, 5.41) is 2.58. The Balaban J connectivity index is 1.39. The molecule has 10 heteroatoms. The number of hydrogen-bond donors (Lipinski definition) is 1. The Kier molecular flexibility index (Phi) is 9.16. The maximum atomic E-state index is 12.9. The zero-order valence-electron chi connectivity index (χ0n) is 21.7. The summed E-state index contributed by atoms with van der Waals surface area (Å²) in [6, 6.07) is 18.1. The van der Waals surface area contributed by atoms with Crippen LogP contribution in [-0.4, -0.2) is 48.8 Å². The molecule has 0 unspecified atom stereocenters. The van der Waals surface area contributed by atoms with E-state index in [9.17, 15) is 14.4 Å². The van der Waals surface area contributed by atoms with Crippen LogP contribution in [0, 0.1) is 13.8 Å². The van der Waals surface area contributed by atoms with Crippen LogP contribution in [0.15, 0.2) is 65.6 Å². The maximum absolute atomic E-state index is 12.9. The van der Waals surface area contributed by atoms with Crippen LogP contribution in [0.4, 0.5) is 10.5 Å². The molecule has 1 aliphatic rings. The van der Waals surface area contributed by atoms with E-state index in [2.05, 4.69) is 5.32 Å². The number of hydrogen-bond acceptors (Lipinski definition) is 7. The van der Waals surface area contributed by atoms with Gasteiger partial charge < -0.3 is 19.5 Å². The van der Waals surface area contributed by atoms with Crippen molar-refractivity contribution in [2.45, 2.75) is 13.8 Å². The minimum absolute atomic E-state index is 0.122. The summed E-state index contributed by atoms with van der Waals surface area (Å²) >= 11 is 7.28. The molecule has 0 radical (unpaired) electrons. The minimum Gasteiger partial charge on any atom is -0.493 e. The van der Waals surface area contributed by atoms with Crippen molar-refractivity contribution in [1.82, 2.24) is 4.90 Å². The standard InChI is InChI=1S/C29H27ClN2O6S/c1-18-6-4-8-21(12-18)31-26(33)17-38-27-23(30)14-20(15-24(27)36-3)16-25-28(34)32(29(35)39-25)10-11-37-22-9-5-7-19(2)13-22/h4-9,12-16H,10-11,17H2,1-3H3,(H,31,33)/b25-16-. The predicted octanol–water partition coefficient (Wildman–Crippen LogP) is 6.10. The molecule has 0 aromatic heterocycles. The van der Waals surface area contributed by atoms with Gasteiger partial charge in [0.15, 0.2) is 18.1 Å². The second kappa shape index (κ2) is 12.7. The lowest BCUT2D eigenvalue weighted by molar-refractivity contribution is -0.123. The molecule has 1 fully saturated rings. The molecule has 3 amide bonds. The van der Waals surface area contributed by atoms with Gasteiger partial charge in [0, 0.05) is 5.69 Å². The fourth-order valence-electron chi connectivity index (χ4n) is 3.82. The number of imide groups is 1. The maximum Gasteiger partial charge on any atom is 0.293 e. The van der Waals surface area contributed by atoms with Crippen molar-refractivity contribution in [3.05, 3.63) is 87.3 Å². The number of carbonyl (C=O) groups is 3. The topological polar surface area (TPSA) is 94.2 Å². The van der Waals surface area contributed by atoms with Gasteiger partial charge in [-0.25, -0.2) is 0 Å². The van der Waals surface area contributed by atoms with Crippen LogP contribution in [0.2, 0.25) is 5.02 Å². The minimum atomic E-state index is -0.416. The molecule has 202 valence electrons. The molecule has 0 spiro atoms. The van der Waals surface area contributed by atoms with Crippen molar-refractivity contribution in [3.63, 3.8) is 0 Å². The summed E-state index contributed by atoms with van der Waals surface area (Å²) in [6.45, 7) is 3.90. The zero-order valence-corrected chi connectivity index (χ0v) is 23.2. The van der Waals surface area contributed by atoms with Crippen LogP contribution >= 0.6 is 23.4 Å². The highest BCUT2D eigenvalue weighted by atomic mass is 35.5. The van der Waals surface area contributed by atoms with E-state index < -0.39 is 5.91 Å². The lowest BCUT2D eigenvalue weighted by Crippen LogP contribution is -2.32. The normalized spacial score (nSPS) is 14.1. The Morgan fingerprint density at radius 3 is 2.49 bits per heavy atom. The fourth-order valence-corrected chi connectivity index (χ4v) is 4.96. The number of anilines is 1. The van der Waals surface area contributed by atoms with Crippen molar-refractivity contribution >= 4 is 52.2 Å². The quantitative estimate of drug-likeness (QED) is 0.296. The van der Waals surface area contributed by atoms with E-state index >= 15 is 0 Å². The number of thioether (sulfide) groups is 1. The van der Waals surface area contributed by atoms with Gasteiger partial charge in [0.2, 0.25) is 0 Å². The molecule has 39 heavy (non-hydrogen) atoms. The van der Waals surface area contributed by atoms with Gasteiger partial charge in [0.05, 0.1) is 23.6 Å². The molecule has 3 aromatic rings. The second-order valence-corrected chi connectivity index (χ2v) is 10.1. The van der Waals surface area contributed by atoms with Crippen LogP contribution in [0.1, 0.15) is 16.7 Å². The van der Waals surface area contributed by atoms with Crippen LogP contribution in [0.5, 0.6) is 17.2 Å². The highest BCUT2D eigenvalue weighted by Crippen LogP contribution is 2.39. The first-order valence-electron chi connectivity index (χ1n) is 12.0. The summed E-state index contributed by atoms with van der Waals surface area (Å²) in [5.74, 6) is 0.373. The molecule has 0 bridgehead atoms. The summed E-state index contributed by atoms with van der Waals surface area (Å²) < 4.78 is 16.8. The Morgan fingerprint density at radius 2 is 1.77 bits per heavy atom. The number of halogens is 1. The van der Waals surface area contributed by atoms with Crippen molar-refractivity contribution in [1.29, 1.82) is 0 Å². The number of carbonyl (C=O) groups excluding carboxylic acids is 3. The molecule has 0 aliphatic carbocycles. The average molecular weight is 567 g/mol. The number of nitrogens with zero attached hydrogens (tertiary/aromatic N) is 1. The lowest BCUT2D eigenvalue weighted by Gasteiger charge is -2.14. The van der Waals surface area contributed by atoms with Crippen molar-refractivity contribution in [2.24, 2.45) is 0 Å². The third-order valence-corrected chi connectivity index (χ3v) is 6.83. The third kappa shape index (κ3) is 7.34. The number of rotatable bonds is 10. The van der Waals surface area contributed by atoms with Gasteiger partial charge in [-0.3, -0.25) is 19.3 Å². The van der Waals surface area contributed by atoms with Crippen LogP contribution in [0.3, 0.4) is 0 Å². The molecule has 0 atom stereocenters.